The summed E-state index contributed by atoms with van der Waals surface area (Å²) in [7, 11) is 0. The molecule has 0 radical (unpaired) electrons. The van der Waals surface area contributed by atoms with Crippen LogP contribution in [0, 0.1) is 0 Å². The number of para-hydroxylation sites is 4. The van der Waals surface area contributed by atoms with Crippen molar-refractivity contribution in [1.29, 1.82) is 0 Å². The van der Waals surface area contributed by atoms with E-state index in [1.54, 1.807) is 11.8 Å². The highest BCUT2D eigenvalue weighted by atomic mass is 32.2. The zero-order valence-electron chi connectivity index (χ0n) is 12.1. The van der Waals surface area contributed by atoms with Crippen molar-refractivity contribution in [1.82, 2.24) is 9.97 Å². The number of oxazole rings is 2. The highest BCUT2D eigenvalue weighted by Gasteiger charge is 2.27. The van der Waals surface area contributed by atoms with Crippen molar-refractivity contribution in [3.8, 4) is 0 Å². The van der Waals surface area contributed by atoms with Gasteiger partial charge in [-0.25, -0.2) is 9.97 Å². The van der Waals surface area contributed by atoms with E-state index in [4.69, 9.17) is 8.83 Å². The van der Waals surface area contributed by atoms with Gasteiger partial charge < -0.3 is 8.83 Å². The smallest absolute Gasteiger partial charge is 0.233 e. The lowest BCUT2D eigenvalue weighted by Crippen LogP contribution is -1.88. The Hall–Kier alpha value is -2.53. The number of rotatable bonds is 2. The van der Waals surface area contributed by atoms with Gasteiger partial charge in [-0.3, -0.25) is 0 Å². The molecule has 23 heavy (non-hydrogen) atoms. The first kappa shape index (κ1) is 13.0. The van der Waals surface area contributed by atoms with Crippen LogP contribution in [0.15, 0.2) is 63.4 Å². The van der Waals surface area contributed by atoms with Crippen molar-refractivity contribution in [2.45, 2.75) is 11.7 Å². The third-order valence-electron chi connectivity index (χ3n) is 3.88. The van der Waals surface area contributed by atoms with E-state index in [0.717, 1.165) is 39.4 Å². The van der Waals surface area contributed by atoms with Gasteiger partial charge in [-0.05, 0) is 30.7 Å². The zero-order chi connectivity index (χ0) is 15.2. The molecule has 0 fully saturated rings. The summed E-state index contributed by atoms with van der Waals surface area (Å²) in [5, 5.41) is 0.174. The van der Waals surface area contributed by atoms with Gasteiger partial charge in [0.2, 0.25) is 11.8 Å². The maximum atomic E-state index is 5.88. The molecule has 0 aliphatic carbocycles. The van der Waals surface area contributed by atoms with Crippen molar-refractivity contribution in [3.05, 3.63) is 66.4 Å². The predicted octanol–water partition coefficient (Wildman–Crippen LogP) is 5.19. The average molecular weight is 320 g/mol. The number of thioether (sulfide) groups is 1. The SMILES string of the molecule is C1=C(c2nc3ccccc3o2)SC(c2nc3ccccc3o2)C1. The van der Waals surface area contributed by atoms with Gasteiger partial charge in [0, 0.05) is 0 Å². The molecule has 2 aromatic heterocycles. The van der Waals surface area contributed by atoms with Crippen LogP contribution in [-0.4, -0.2) is 9.97 Å². The van der Waals surface area contributed by atoms with Crippen LogP contribution < -0.4 is 0 Å². The second-order valence-electron chi connectivity index (χ2n) is 5.42. The van der Waals surface area contributed by atoms with Crippen molar-refractivity contribution >= 4 is 38.9 Å². The van der Waals surface area contributed by atoms with Gasteiger partial charge in [-0.15, -0.1) is 11.8 Å². The maximum Gasteiger partial charge on any atom is 0.233 e. The summed E-state index contributed by atoms with van der Waals surface area (Å²) in [5.41, 5.74) is 3.43. The van der Waals surface area contributed by atoms with E-state index in [9.17, 15) is 0 Å². The number of nitrogens with zero attached hydrogens (tertiary/aromatic N) is 2. The van der Waals surface area contributed by atoms with Crippen LogP contribution >= 0.6 is 11.8 Å². The van der Waals surface area contributed by atoms with Crippen molar-refractivity contribution in [3.63, 3.8) is 0 Å². The highest BCUT2D eigenvalue weighted by molar-refractivity contribution is 8.08. The molecular weight excluding hydrogens is 308 g/mol. The van der Waals surface area contributed by atoms with Crippen LogP contribution in [0.2, 0.25) is 0 Å². The number of hydrogen-bond acceptors (Lipinski definition) is 5. The Labute approximate surface area is 136 Å². The quantitative estimate of drug-likeness (QED) is 0.509. The molecule has 0 spiro atoms. The minimum absolute atomic E-state index is 0.174. The molecule has 0 bridgehead atoms. The molecule has 1 aliphatic heterocycles. The molecule has 0 saturated heterocycles. The Morgan fingerprint density at radius 2 is 1.57 bits per heavy atom. The van der Waals surface area contributed by atoms with Gasteiger partial charge in [0.25, 0.3) is 0 Å². The largest absolute Gasteiger partial charge is 0.439 e. The van der Waals surface area contributed by atoms with Crippen molar-refractivity contribution in [2.75, 3.05) is 0 Å². The summed E-state index contributed by atoms with van der Waals surface area (Å²) in [6.45, 7) is 0. The van der Waals surface area contributed by atoms with E-state index in [0.29, 0.717) is 5.89 Å². The first-order valence-electron chi connectivity index (χ1n) is 7.45. The summed E-state index contributed by atoms with van der Waals surface area (Å²) in [5.74, 6) is 1.44. The van der Waals surface area contributed by atoms with Crippen molar-refractivity contribution < 1.29 is 8.83 Å². The molecule has 5 rings (SSSR count). The normalized spacial score (nSPS) is 17.9. The number of aromatic nitrogens is 2. The number of fused-ring (bicyclic) bond motifs is 2. The molecular formula is C18H12N2O2S. The monoisotopic (exact) mass is 320 g/mol. The fourth-order valence-electron chi connectivity index (χ4n) is 2.76. The predicted molar refractivity (Wildman–Crippen MR) is 90.9 cm³/mol. The molecule has 0 amide bonds. The van der Waals surface area contributed by atoms with E-state index in [-0.39, 0.29) is 5.25 Å². The lowest BCUT2D eigenvalue weighted by atomic mass is 10.3. The lowest BCUT2D eigenvalue weighted by Gasteiger charge is -2.03. The Bertz CT molecular complexity index is 981. The van der Waals surface area contributed by atoms with Crippen LogP contribution in [0.4, 0.5) is 0 Å². The minimum Gasteiger partial charge on any atom is -0.439 e. The Balaban J connectivity index is 1.45. The first-order valence-corrected chi connectivity index (χ1v) is 8.33. The topological polar surface area (TPSA) is 52.1 Å². The summed E-state index contributed by atoms with van der Waals surface area (Å²) in [4.78, 5) is 10.2. The molecule has 5 heteroatoms. The molecule has 1 aliphatic rings. The summed E-state index contributed by atoms with van der Waals surface area (Å²) in [6.07, 6.45) is 3.01. The van der Waals surface area contributed by atoms with E-state index in [2.05, 4.69) is 16.0 Å². The van der Waals surface area contributed by atoms with E-state index in [1.165, 1.54) is 0 Å². The standard InChI is InChI=1S/C18H12N2O2S/c1-3-7-13-11(5-1)19-17(21-13)15-9-10-16(23-15)18-20-12-6-2-4-8-14(12)22-18/h1-9,16H,10H2. The van der Waals surface area contributed by atoms with E-state index in [1.807, 2.05) is 48.5 Å². The molecule has 112 valence electrons. The Morgan fingerprint density at radius 3 is 2.30 bits per heavy atom. The maximum absolute atomic E-state index is 5.88. The lowest BCUT2D eigenvalue weighted by molar-refractivity contribution is 0.527. The Morgan fingerprint density at radius 1 is 0.870 bits per heavy atom. The first-order chi connectivity index (χ1) is 11.4. The fraction of sp³-hybridized carbons (Fsp3) is 0.111. The molecule has 1 unspecified atom stereocenters. The minimum atomic E-state index is 0.174. The number of allylic oxidation sites excluding steroid dienone is 1. The van der Waals surface area contributed by atoms with Gasteiger partial charge in [-0.2, -0.15) is 0 Å². The Kier molecular flexibility index (Phi) is 2.81. The molecule has 4 aromatic rings. The third-order valence-corrected chi connectivity index (χ3v) is 5.15. The van der Waals surface area contributed by atoms with E-state index < -0.39 is 0 Å². The van der Waals surface area contributed by atoms with Gasteiger partial charge in [0.05, 0.1) is 10.2 Å². The molecule has 4 nitrogen and oxygen atoms in total. The van der Waals surface area contributed by atoms with Crippen LogP contribution in [0.3, 0.4) is 0 Å². The van der Waals surface area contributed by atoms with Crippen LogP contribution in [0.1, 0.15) is 23.5 Å². The van der Waals surface area contributed by atoms with Crippen molar-refractivity contribution in [2.24, 2.45) is 0 Å². The second kappa shape index (κ2) is 4.99. The fourth-order valence-corrected chi connectivity index (χ4v) is 3.84. The summed E-state index contributed by atoms with van der Waals surface area (Å²) in [6, 6.07) is 15.7. The van der Waals surface area contributed by atoms with Gasteiger partial charge in [0.15, 0.2) is 11.2 Å². The average Bonchev–Trinajstić information content (AvgIpc) is 3.30. The second-order valence-corrected chi connectivity index (χ2v) is 6.66. The summed E-state index contributed by atoms with van der Waals surface area (Å²) >= 11 is 1.70. The third kappa shape index (κ3) is 2.16. The van der Waals surface area contributed by atoms with E-state index >= 15 is 0 Å². The highest BCUT2D eigenvalue weighted by Crippen LogP contribution is 2.48. The molecule has 3 heterocycles. The van der Waals surface area contributed by atoms with Gasteiger partial charge in [0.1, 0.15) is 11.0 Å². The molecule has 2 aromatic carbocycles. The molecule has 1 atom stereocenters. The number of benzene rings is 2. The zero-order valence-corrected chi connectivity index (χ0v) is 12.9. The number of hydrogen-bond donors (Lipinski definition) is 0. The van der Waals surface area contributed by atoms with Crippen LogP contribution in [0.25, 0.3) is 27.1 Å². The van der Waals surface area contributed by atoms with Crippen LogP contribution in [-0.2, 0) is 0 Å². The molecule has 0 N–H and O–H groups in total. The van der Waals surface area contributed by atoms with Gasteiger partial charge >= 0.3 is 0 Å². The summed E-state index contributed by atoms with van der Waals surface area (Å²) < 4.78 is 11.7. The van der Waals surface area contributed by atoms with Gasteiger partial charge in [-0.1, -0.05) is 30.3 Å². The van der Waals surface area contributed by atoms with Crippen LogP contribution in [0.5, 0.6) is 0 Å². The molecule has 0 saturated carbocycles.